The zero-order valence-corrected chi connectivity index (χ0v) is 15.3. The first-order valence-corrected chi connectivity index (χ1v) is 9.99. The lowest BCUT2D eigenvalue weighted by molar-refractivity contribution is -0.122. The molecule has 0 aromatic heterocycles. The second-order valence-electron chi connectivity index (χ2n) is 6.58. The van der Waals surface area contributed by atoms with Gasteiger partial charge in [-0.15, -0.1) is 0 Å². The number of rotatable bonds is 6. The Morgan fingerprint density at radius 2 is 1.96 bits per heavy atom. The van der Waals surface area contributed by atoms with Gasteiger partial charge in [0, 0.05) is 18.2 Å². The van der Waals surface area contributed by atoms with Crippen molar-refractivity contribution in [1.29, 1.82) is 0 Å². The van der Waals surface area contributed by atoms with E-state index in [4.69, 9.17) is 0 Å². The minimum absolute atomic E-state index is 0.00283. The molecule has 5 nitrogen and oxygen atoms in total. The van der Waals surface area contributed by atoms with Crippen molar-refractivity contribution in [2.45, 2.75) is 37.6 Å². The maximum atomic E-state index is 13.8. The van der Waals surface area contributed by atoms with Gasteiger partial charge < -0.3 is 5.32 Å². The number of aryl methyl sites for hydroxylation is 1. The summed E-state index contributed by atoms with van der Waals surface area (Å²) in [5, 5.41) is 2.85. The normalized spacial score (nSPS) is 14.7. The molecular formula is C19H21FN2O3S. The van der Waals surface area contributed by atoms with E-state index < -0.39 is 15.8 Å². The number of carbonyl (C=O) groups excluding carboxylic acids is 1. The summed E-state index contributed by atoms with van der Waals surface area (Å²) in [5.74, 6) is -0.720. The Labute approximate surface area is 152 Å². The lowest BCUT2D eigenvalue weighted by Gasteiger charge is -2.24. The SMILES string of the molecule is Cc1ccc(F)c(S(=O)(=O)NCc2cccc(NC(=O)C3CCC3)c2)c1. The van der Waals surface area contributed by atoms with Crippen LogP contribution in [0.1, 0.15) is 30.4 Å². The number of hydrogen-bond donors (Lipinski definition) is 2. The first-order chi connectivity index (χ1) is 12.3. The Balaban J connectivity index is 1.68. The average molecular weight is 376 g/mol. The summed E-state index contributed by atoms with van der Waals surface area (Å²) in [5.41, 5.74) is 1.96. The van der Waals surface area contributed by atoms with Crippen LogP contribution in [0.2, 0.25) is 0 Å². The Morgan fingerprint density at radius 1 is 1.19 bits per heavy atom. The molecule has 0 atom stereocenters. The predicted octanol–water partition coefficient (Wildman–Crippen LogP) is 3.35. The molecule has 2 aromatic rings. The van der Waals surface area contributed by atoms with Gasteiger partial charge in [-0.25, -0.2) is 17.5 Å². The van der Waals surface area contributed by atoms with Crippen LogP contribution in [0.4, 0.5) is 10.1 Å². The zero-order chi connectivity index (χ0) is 18.7. The molecule has 1 aliphatic rings. The third-order valence-corrected chi connectivity index (χ3v) is 5.93. The van der Waals surface area contributed by atoms with Crippen molar-refractivity contribution in [2.75, 3.05) is 5.32 Å². The molecule has 7 heteroatoms. The van der Waals surface area contributed by atoms with Crippen molar-refractivity contribution in [3.63, 3.8) is 0 Å². The smallest absolute Gasteiger partial charge is 0.243 e. The van der Waals surface area contributed by atoms with Crippen LogP contribution in [-0.4, -0.2) is 14.3 Å². The number of anilines is 1. The first kappa shape index (κ1) is 18.5. The highest BCUT2D eigenvalue weighted by molar-refractivity contribution is 7.89. The molecule has 0 aliphatic heterocycles. The van der Waals surface area contributed by atoms with Crippen molar-refractivity contribution < 1.29 is 17.6 Å². The van der Waals surface area contributed by atoms with Crippen molar-refractivity contribution >= 4 is 21.6 Å². The van der Waals surface area contributed by atoms with E-state index in [0.29, 0.717) is 16.8 Å². The van der Waals surface area contributed by atoms with Crippen molar-refractivity contribution in [2.24, 2.45) is 5.92 Å². The third kappa shape index (κ3) is 4.28. The molecule has 1 amide bonds. The average Bonchev–Trinajstić information content (AvgIpc) is 2.54. The van der Waals surface area contributed by atoms with Gasteiger partial charge >= 0.3 is 0 Å². The van der Waals surface area contributed by atoms with Gasteiger partial charge in [0.25, 0.3) is 0 Å². The van der Waals surface area contributed by atoms with Gasteiger partial charge in [-0.05, 0) is 55.2 Å². The van der Waals surface area contributed by atoms with Gasteiger partial charge in [-0.2, -0.15) is 0 Å². The van der Waals surface area contributed by atoms with E-state index in [2.05, 4.69) is 10.0 Å². The molecule has 0 bridgehead atoms. The molecule has 0 unspecified atom stereocenters. The Bertz CT molecular complexity index is 924. The van der Waals surface area contributed by atoms with E-state index in [1.54, 1.807) is 31.2 Å². The lowest BCUT2D eigenvalue weighted by Crippen LogP contribution is -2.28. The molecule has 0 saturated heterocycles. The molecule has 0 heterocycles. The van der Waals surface area contributed by atoms with Crippen LogP contribution in [0.25, 0.3) is 0 Å². The second-order valence-corrected chi connectivity index (χ2v) is 8.31. The number of hydrogen-bond acceptors (Lipinski definition) is 3. The Kier molecular flexibility index (Phi) is 5.38. The van der Waals surface area contributed by atoms with Crippen LogP contribution in [0.5, 0.6) is 0 Å². The zero-order valence-electron chi connectivity index (χ0n) is 14.5. The van der Waals surface area contributed by atoms with Gasteiger partial charge in [0.2, 0.25) is 15.9 Å². The van der Waals surface area contributed by atoms with Crippen molar-refractivity contribution in [3.05, 3.63) is 59.4 Å². The lowest BCUT2D eigenvalue weighted by atomic mass is 9.85. The number of amides is 1. The standard InChI is InChI=1S/C19H21FN2O3S/c1-13-8-9-17(20)18(10-13)26(24,25)21-12-14-4-2-7-16(11-14)22-19(23)15-5-3-6-15/h2,4,7-11,15,21H,3,5-6,12H2,1H3,(H,22,23). The maximum Gasteiger partial charge on any atom is 0.243 e. The minimum Gasteiger partial charge on any atom is -0.326 e. The van der Waals surface area contributed by atoms with Crippen LogP contribution in [0.15, 0.2) is 47.4 Å². The largest absolute Gasteiger partial charge is 0.326 e. The van der Waals surface area contributed by atoms with Gasteiger partial charge in [0.1, 0.15) is 10.7 Å². The quantitative estimate of drug-likeness (QED) is 0.812. The molecule has 26 heavy (non-hydrogen) atoms. The summed E-state index contributed by atoms with van der Waals surface area (Å²) in [7, 11) is -3.97. The van der Waals surface area contributed by atoms with E-state index in [9.17, 15) is 17.6 Å². The van der Waals surface area contributed by atoms with Crippen molar-refractivity contribution in [3.8, 4) is 0 Å². The molecule has 2 N–H and O–H groups in total. The summed E-state index contributed by atoms with van der Waals surface area (Å²) in [4.78, 5) is 11.6. The molecule has 1 saturated carbocycles. The highest BCUT2D eigenvalue weighted by Crippen LogP contribution is 2.27. The molecule has 3 rings (SSSR count). The summed E-state index contributed by atoms with van der Waals surface area (Å²) >= 11 is 0. The van der Waals surface area contributed by atoms with Crippen molar-refractivity contribution in [1.82, 2.24) is 4.72 Å². The summed E-state index contributed by atoms with van der Waals surface area (Å²) in [6, 6.07) is 10.9. The fraction of sp³-hybridized carbons (Fsp3) is 0.316. The van der Waals surface area contributed by atoms with E-state index >= 15 is 0 Å². The first-order valence-electron chi connectivity index (χ1n) is 8.51. The van der Waals surface area contributed by atoms with E-state index in [1.807, 2.05) is 0 Å². The van der Waals surface area contributed by atoms with E-state index in [-0.39, 0.29) is 23.3 Å². The number of nitrogens with one attached hydrogen (secondary N) is 2. The monoisotopic (exact) mass is 376 g/mol. The molecule has 1 aliphatic carbocycles. The molecule has 2 aromatic carbocycles. The summed E-state index contributed by atoms with van der Waals surface area (Å²) in [6.07, 6.45) is 2.90. The van der Waals surface area contributed by atoms with Crippen LogP contribution in [-0.2, 0) is 21.4 Å². The van der Waals surface area contributed by atoms with Crippen LogP contribution in [0.3, 0.4) is 0 Å². The minimum atomic E-state index is -3.97. The molecule has 0 radical (unpaired) electrons. The fourth-order valence-corrected chi connectivity index (χ4v) is 3.92. The van der Waals surface area contributed by atoms with E-state index in [1.165, 1.54) is 12.1 Å². The highest BCUT2D eigenvalue weighted by atomic mass is 32.2. The summed E-state index contributed by atoms with van der Waals surface area (Å²) < 4.78 is 41.0. The Morgan fingerprint density at radius 3 is 2.65 bits per heavy atom. The van der Waals surface area contributed by atoms with Gasteiger partial charge in [0.05, 0.1) is 0 Å². The number of carbonyl (C=O) groups is 1. The number of sulfonamides is 1. The number of benzene rings is 2. The van der Waals surface area contributed by atoms with Crippen LogP contribution in [0, 0.1) is 18.7 Å². The third-order valence-electron chi connectivity index (χ3n) is 4.51. The topological polar surface area (TPSA) is 75.3 Å². The molecule has 1 fully saturated rings. The summed E-state index contributed by atoms with van der Waals surface area (Å²) in [6.45, 7) is 1.70. The van der Waals surface area contributed by atoms with Gasteiger partial charge in [0.15, 0.2) is 0 Å². The van der Waals surface area contributed by atoms with Crippen LogP contribution < -0.4 is 10.0 Å². The number of halogens is 1. The van der Waals surface area contributed by atoms with E-state index in [0.717, 1.165) is 25.3 Å². The van der Waals surface area contributed by atoms with Crippen LogP contribution >= 0.6 is 0 Å². The van der Waals surface area contributed by atoms with Gasteiger partial charge in [-0.1, -0.05) is 24.6 Å². The highest BCUT2D eigenvalue weighted by Gasteiger charge is 2.25. The Hall–Kier alpha value is -2.25. The molecule has 138 valence electrons. The maximum absolute atomic E-state index is 13.8. The molecular weight excluding hydrogens is 355 g/mol. The molecule has 0 spiro atoms. The van der Waals surface area contributed by atoms with Gasteiger partial charge in [-0.3, -0.25) is 4.79 Å². The second kappa shape index (κ2) is 7.55. The fourth-order valence-electron chi connectivity index (χ4n) is 2.75. The predicted molar refractivity (Wildman–Crippen MR) is 97.6 cm³/mol.